The van der Waals surface area contributed by atoms with Crippen LogP contribution in [0.1, 0.15) is 76.5 Å². The van der Waals surface area contributed by atoms with E-state index in [1.165, 1.54) is 0 Å². The topological polar surface area (TPSA) is 201 Å². The summed E-state index contributed by atoms with van der Waals surface area (Å²) in [7, 11) is 0. The van der Waals surface area contributed by atoms with Crippen LogP contribution in [0.15, 0.2) is 54.6 Å². The molecular formula is C34H49ClN6O7. The van der Waals surface area contributed by atoms with Gasteiger partial charge in [0.15, 0.2) is 0 Å². The van der Waals surface area contributed by atoms with Crippen LogP contribution in [-0.4, -0.2) is 66.2 Å². The highest BCUT2D eigenvalue weighted by Crippen LogP contribution is 2.17. The lowest BCUT2D eigenvalue weighted by Gasteiger charge is -2.27. The summed E-state index contributed by atoms with van der Waals surface area (Å²) in [4.78, 5) is 63.6. The molecule has 2 rings (SSSR count). The summed E-state index contributed by atoms with van der Waals surface area (Å²) in [6.07, 6.45) is 1.69. The first-order chi connectivity index (χ1) is 22.9. The molecule has 8 N–H and O–H groups in total. The molecule has 0 aliphatic heterocycles. The predicted molar refractivity (Wildman–Crippen MR) is 183 cm³/mol. The molecule has 0 spiro atoms. The van der Waals surface area contributed by atoms with E-state index < -0.39 is 48.0 Å². The molecule has 0 aliphatic rings. The first-order valence-electron chi connectivity index (χ1n) is 16.2. The van der Waals surface area contributed by atoms with Crippen molar-refractivity contribution in [3.05, 3.63) is 70.7 Å². The molecule has 2 aromatic rings. The van der Waals surface area contributed by atoms with Crippen molar-refractivity contribution in [3.63, 3.8) is 0 Å². The number of nitrogens with two attached hydrogens (primary N) is 1. The first-order valence-corrected chi connectivity index (χ1v) is 16.6. The molecule has 2 aromatic carbocycles. The molecule has 0 fully saturated rings. The van der Waals surface area contributed by atoms with E-state index in [2.05, 4.69) is 26.6 Å². The number of nitrogens with one attached hydrogen (secondary N) is 5. The Labute approximate surface area is 287 Å². The van der Waals surface area contributed by atoms with Crippen molar-refractivity contribution in [2.75, 3.05) is 13.1 Å². The maximum atomic E-state index is 13.5. The van der Waals surface area contributed by atoms with Crippen molar-refractivity contribution in [3.8, 4) is 0 Å². The van der Waals surface area contributed by atoms with Gasteiger partial charge in [-0.25, -0.2) is 14.4 Å². The zero-order valence-corrected chi connectivity index (χ0v) is 28.6. The van der Waals surface area contributed by atoms with Gasteiger partial charge in [-0.05, 0) is 81.2 Å². The Morgan fingerprint density at radius 3 is 2.04 bits per heavy atom. The third kappa shape index (κ3) is 15.0. The molecule has 4 atom stereocenters. The average Bonchev–Trinajstić information content (AvgIpc) is 3.05. The van der Waals surface area contributed by atoms with E-state index in [-0.39, 0.29) is 38.0 Å². The van der Waals surface area contributed by atoms with Crippen molar-refractivity contribution in [2.24, 2.45) is 11.7 Å². The van der Waals surface area contributed by atoms with Crippen molar-refractivity contribution >= 4 is 41.5 Å². The van der Waals surface area contributed by atoms with Crippen molar-refractivity contribution < 1.29 is 33.8 Å². The number of hydrogen-bond acceptors (Lipinski definition) is 7. The molecule has 0 saturated carbocycles. The fourth-order valence-electron chi connectivity index (χ4n) is 4.74. The van der Waals surface area contributed by atoms with Gasteiger partial charge in [0.1, 0.15) is 24.7 Å². The highest BCUT2D eigenvalue weighted by atomic mass is 35.5. The number of hydrogen-bond donors (Lipinski definition) is 7. The van der Waals surface area contributed by atoms with Crippen LogP contribution < -0.4 is 32.3 Å². The summed E-state index contributed by atoms with van der Waals surface area (Å²) >= 11 is 5.98. The van der Waals surface area contributed by atoms with Crippen LogP contribution >= 0.6 is 11.6 Å². The van der Waals surface area contributed by atoms with Gasteiger partial charge in [-0.15, -0.1) is 0 Å². The third-order valence-electron chi connectivity index (χ3n) is 7.55. The van der Waals surface area contributed by atoms with Gasteiger partial charge in [0.05, 0.1) is 6.04 Å². The summed E-state index contributed by atoms with van der Waals surface area (Å²) in [5, 5.41) is 23.5. The molecule has 14 heteroatoms. The van der Waals surface area contributed by atoms with Crippen LogP contribution in [0.25, 0.3) is 0 Å². The van der Waals surface area contributed by atoms with Gasteiger partial charge < -0.3 is 42.2 Å². The summed E-state index contributed by atoms with van der Waals surface area (Å²) < 4.78 is 5.21. The molecule has 264 valence electrons. The maximum absolute atomic E-state index is 13.5. The highest BCUT2D eigenvalue weighted by molar-refractivity contribution is 6.30. The summed E-state index contributed by atoms with van der Waals surface area (Å²) in [5.74, 6) is -2.53. The minimum atomic E-state index is -1.21. The van der Waals surface area contributed by atoms with Crippen LogP contribution in [0.4, 0.5) is 9.59 Å². The number of aliphatic carboxylic acids is 1. The molecule has 0 saturated heterocycles. The summed E-state index contributed by atoms with van der Waals surface area (Å²) in [5.41, 5.74) is 7.18. The van der Waals surface area contributed by atoms with Crippen molar-refractivity contribution in [2.45, 2.75) is 90.1 Å². The average molecular weight is 689 g/mol. The van der Waals surface area contributed by atoms with Crippen LogP contribution in [0.5, 0.6) is 0 Å². The van der Waals surface area contributed by atoms with Crippen LogP contribution in [-0.2, 0) is 25.7 Å². The van der Waals surface area contributed by atoms with Crippen LogP contribution in [0.3, 0.4) is 0 Å². The van der Waals surface area contributed by atoms with Crippen LogP contribution in [0.2, 0.25) is 5.02 Å². The zero-order chi connectivity index (χ0) is 35.5. The minimum absolute atomic E-state index is 0.126. The Hall–Kier alpha value is -4.36. The molecule has 48 heavy (non-hydrogen) atoms. The number of carbonyl (C=O) groups is 5. The van der Waals surface area contributed by atoms with E-state index in [9.17, 15) is 29.1 Å². The lowest BCUT2D eigenvalue weighted by atomic mass is 10.0. The Balaban J connectivity index is 2.03. The molecule has 5 amide bonds. The molecule has 0 aromatic heterocycles. The van der Waals surface area contributed by atoms with E-state index in [1.807, 2.05) is 37.3 Å². The molecule has 13 nitrogen and oxygen atoms in total. The molecular weight excluding hydrogens is 640 g/mol. The predicted octanol–water partition coefficient (Wildman–Crippen LogP) is 4.00. The maximum Gasteiger partial charge on any atom is 0.407 e. The van der Waals surface area contributed by atoms with Crippen molar-refractivity contribution in [1.82, 2.24) is 26.6 Å². The van der Waals surface area contributed by atoms with Gasteiger partial charge in [-0.1, -0.05) is 67.9 Å². The van der Waals surface area contributed by atoms with Crippen LogP contribution in [0, 0.1) is 5.92 Å². The monoisotopic (exact) mass is 688 g/mol. The number of alkyl carbamates (subject to hydrolysis) is 1. The number of unbranched alkanes of at least 4 members (excludes halogenated alkanes) is 2. The second-order valence-corrected chi connectivity index (χ2v) is 12.3. The summed E-state index contributed by atoms with van der Waals surface area (Å²) in [6.45, 7) is 6.16. The van der Waals surface area contributed by atoms with Gasteiger partial charge in [-0.3, -0.25) is 9.59 Å². The van der Waals surface area contributed by atoms with Gasteiger partial charge >= 0.3 is 18.1 Å². The number of ether oxygens (including phenoxy) is 1. The van der Waals surface area contributed by atoms with Gasteiger partial charge in [0.25, 0.3) is 0 Å². The highest BCUT2D eigenvalue weighted by Gasteiger charge is 2.30. The fourth-order valence-corrected chi connectivity index (χ4v) is 4.87. The lowest BCUT2D eigenvalue weighted by Crippen LogP contribution is -2.57. The second-order valence-electron chi connectivity index (χ2n) is 11.8. The Morgan fingerprint density at radius 1 is 0.792 bits per heavy atom. The molecule has 0 radical (unpaired) electrons. The number of carbonyl (C=O) groups excluding carboxylic acids is 4. The Morgan fingerprint density at radius 2 is 1.42 bits per heavy atom. The van der Waals surface area contributed by atoms with Crippen molar-refractivity contribution in [1.29, 1.82) is 0 Å². The number of amides is 5. The van der Waals surface area contributed by atoms with Gasteiger partial charge in [0.2, 0.25) is 11.8 Å². The number of benzene rings is 2. The molecule has 0 heterocycles. The summed E-state index contributed by atoms with van der Waals surface area (Å²) in [6, 6.07) is 11.9. The zero-order valence-electron chi connectivity index (χ0n) is 27.8. The number of rotatable bonds is 20. The van der Waals surface area contributed by atoms with E-state index in [1.54, 1.807) is 38.1 Å². The number of halogens is 1. The Kier molecular flexibility index (Phi) is 17.8. The normalized spacial score (nSPS) is 13.4. The minimum Gasteiger partial charge on any atom is -0.480 e. The van der Waals surface area contributed by atoms with E-state index >= 15 is 0 Å². The van der Waals surface area contributed by atoms with E-state index in [4.69, 9.17) is 22.1 Å². The first kappa shape index (κ1) is 39.8. The molecule has 0 aliphatic carbocycles. The number of carboxylic acid groups (broad SMARTS) is 1. The number of carboxylic acids is 1. The second kappa shape index (κ2) is 21.5. The fraction of sp³-hybridized carbons (Fsp3) is 0.500. The lowest BCUT2D eigenvalue weighted by molar-refractivity contribution is -0.139. The smallest absolute Gasteiger partial charge is 0.407 e. The van der Waals surface area contributed by atoms with Gasteiger partial charge in [-0.2, -0.15) is 0 Å². The number of urea groups is 1. The largest absolute Gasteiger partial charge is 0.480 e. The standard InChI is InChI=1S/C34H49ClN6O7/c1-22(2)29(31(43)38-23(3)25-15-17-26(35)18-16-25)41-30(42)27(39-33(46)40-28(32(44)45)14-7-9-19-36)13-8-10-20-37-34(47)48-21-24-11-5-4-6-12-24/h4-6,11-12,15-18,22-23,27-29H,7-10,13-14,19-21,36H2,1-3H3,(H,37,47)(H,38,43)(H,41,42)(H,44,45)(H2,39,40,46)/t23-,27+,28-,29-/m0/s1. The third-order valence-corrected chi connectivity index (χ3v) is 7.80. The van der Waals surface area contributed by atoms with E-state index in [0.717, 1.165) is 11.1 Å². The quantitative estimate of drug-likeness (QED) is 0.101. The SMILES string of the molecule is CC(C)[C@H](NC(=O)[C@@H](CCCCNC(=O)OCc1ccccc1)NC(=O)N[C@@H](CCCCN)C(=O)O)C(=O)N[C@@H](C)c1ccc(Cl)cc1. The van der Waals surface area contributed by atoms with E-state index in [0.29, 0.717) is 37.3 Å². The molecule has 0 unspecified atom stereocenters. The Bertz CT molecular complexity index is 1310. The molecule has 0 bridgehead atoms. The van der Waals surface area contributed by atoms with Gasteiger partial charge in [0, 0.05) is 11.6 Å².